The Labute approximate surface area is 93.9 Å². The van der Waals surface area contributed by atoms with Crippen LogP contribution in [0, 0.1) is 11.8 Å². The Balaban J connectivity index is 2.51. The monoisotopic (exact) mass is 205 g/mol. The zero-order valence-electron chi connectivity index (χ0n) is 10.2. The Morgan fingerprint density at radius 3 is 2.33 bits per heavy atom. The molecule has 15 heavy (non-hydrogen) atoms. The van der Waals surface area contributed by atoms with Gasteiger partial charge in [0.1, 0.15) is 0 Å². The Bertz CT molecular complexity index is 253. The second-order valence-electron chi connectivity index (χ2n) is 4.59. The molecule has 0 aliphatic carbocycles. The summed E-state index contributed by atoms with van der Waals surface area (Å²) in [6, 6.07) is 10.8. The van der Waals surface area contributed by atoms with Gasteiger partial charge in [-0.1, -0.05) is 44.2 Å². The van der Waals surface area contributed by atoms with Crippen LogP contribution in [0.2, 0.25) is 0 Å². The highest BCUT2D eigenvalue weighted by Gasteiger charge is 2.13. The van der Waals surface area contributed by atoms with Crippen molar-refractivity contribution in [3.05, 3.63) is 35.9 Å². The Kier molecular flexibility index (Phi) is 5.41. The molecule has 0 fully saturated rings. The fourth-order valence-corrected chi connectivity index (χ4v) is 1.92. The summed E-state index contributed by atoms with van der Waals surface area (Å²) in [5, 5.41) is 3.24. The van der Waals surface area contributed by atoms with Crippen molar-refractivity contribution in [3.63, 3.8) is 0 Å². The standard InChI is InChI=1S/C14H23N/c1-12(2)14(9-10-15-3)11-13-7-5-4-6-8-13/h4-8,12,14-15H,9-11H2,1-3H3. The molecule has 1 N–H and O–H groups in total. The van der Waals surface area contributed by atoms with Crippen molar-refractivity contribution >= 4 is 0 Å². The van der Waals surface area contributed by atoms with Crippen LogP contribution in [0.15, 0.2) is 30.3 Å². The van der Waals surface area contributed by atoms with E-state index in [1.807, 2.05) is 7.05 Å². The summed E-state index contributed by atoms with van der Waals surface area (Å²) in [4.78, 5) is 0. The Morgan fingerprint density at radius 1 is 1.13 bits per heavy atom. The van der Waals surface area contributed by atoms with Gasteiger partial charge in [0, 0.05) is 0 Å². The summed E-state index contributed by atoms with van der Waals surface area (Å²) in [7, 11) is 2.03. The average molecular weight is 205 g/mol. The van der Waals surface area contributed by atoms with Gasteiger partial charge in [0.05, 0.1) is 0 Å². The smallest absolute Gasteiger partial charge is 0.00491 e. The lowest BCUT2D eigenvalue weighted by molar-refractivity contribution is 0.354. The lowest BCUT2D eigenvalue weighted by Crippen LogP contribution is -2.19. The van der Waals surface area contributed by atoms with Gasteiger partial charge in [-0.05, 0) is 43.8 Å². The molecule has 1 rings (SSSR count). The van der Waals surface area contributed by atoms with Crippen LogP contribution in [0.1, 0.15) is 25.8 Å². The van der Waals surface area contributed by atoms with E-state index in [1.54, 1.807) is 0 Å². The number of hydrogen-bond donors (Lipinski definition) is 1. The molecule has 0 radical (unpaired) electrons. The topological polar surface area (TPSA) is 12.0 Å². The molecule has 0 aromatic heterocycles. The number of rotatable bonds is 6. The van der Waals surface area contributed by atoms with E-state index in [4.69, 9.17) is 0 Å². The first-order chi connectivity index (χ1) is 7.24. The lowest BCUT2D eigenvalue weighted by atomic mass is 9.86. The van der Waals surface area contributed by atoms with Crippen molar-refractivity contribution in [2.24, 2.45) is 11.8 Å². The van der Waals surface area contributed by atoms with Crippen molar-refractivity contribution in [1.29, 1.82) is 0 Å². The molecule has 0 saturated carbocycles. The van der Waals surface area contributed by atoms with Gasteiger partial charge in [0.2, 0.25) is 0 Å². The van der Waals surface area contributed by atoms with Gasteiger partial charge < -0.3 is 5.32 Å². The third-order valence-electron chi connectivity index (χ3n) is 3.05. The number of benzene rings is 1. The molecule has 0 aliphatic heterocycles. The van der Waals surface area contributed by atoms with Crippen LogP contribution >= 0.6 is 0 Å². The van der Waals surface area contributed by atoms with Crippen LogP contribution in [0.4, 0.5) is 0 Å². The molecule has 0 heterocycles. The number of nitrogens with one attached hydrogen (secondary N) is 1. The van der Waals surface area contributed by atoms with E-state index in [1.165, 1.54) is 18.4 Å². The normalized spacial score (nSPS) is 13.1. The zero-order valence-corrected chi connectivity index (χ0v) is 10.2. The molecule has 84 valence electrons. The summed E-state index contributed by atoms with van der Waals surface area (Å²) >= 11 is 0. The molecular weight excluding hydrogens is 182 g/mol. The minimum Gasteiger partial charge on any atom is -0.320 e. The van der Waals surface area contributed by atoms with Crippen LogP contribution in [-0.4, -0.2) is 13.6 Å². The van der Waals surface area contributed by atoms with E-state index < -0.39 is 0 Å². The first-order valence-electron chi connectivity index (χ1n) is 5.92. The molecular formula is C14H23N. The summed E-state index contributed by atoms with van der Waals surface area (Å²) in [5.74, 6) is 1.55. The van der Waals surface area contributed by atoms with Crippen molar-refractivity contribution < 1.29 is 0 Å². The summed E-state index contributed by atoms with van der Waals surface area (Å²) in [5.41, 5.74) is 1.47. The SMILES string of the molecule is CNCCC(Cc1ccccc1)C(C)C. The van der Waals surface area contributed by atoms with Gasteiger partial charge in [-0.3, -0.25) is 0 Å². The third-order valence-corrected chi connectivity index (χ3v) is 3.05. The van der Waals surface area contributed by atoms with Gasteiger partial charge in [-0.25, -0.2) is 0 Å². The highest BCUT2D eigenvalue weighted by Crippen LogP contribution is 2.20. The molecule has 0 bridgehead atoms. The van der Waals surface area contributed by atoms with E-state index in [-0.39, 0.29) is 0 Å². The van der Waals surface area contributed by atoms with Gasteiger partial charge in [-0.15, -0.1) is 0 Å². The third kappa shape index (κ3) is 4.48. The van der Waals surface area contributed by atoms with Crippen molar-refractivity contribution in [2.45, 2.75) is 26.7 Å². The summed E-state index contributed by atoms with van der Waals surface area (Å²) in [6.45, 7) is 5.77. The van der Waals surface area contributed by atoms with Crippen molar-refractivity contribution in [3.8, 4) is 0 Å². The minimum atomic E-state index is 0.763. The van der Waals surface area contributed by atoms with Crippen LogP contribution in [0.3, 0.4) is 0 Å². The van der Waals surface area contributed by atoms with E-state index >= 15 is 0 Å². The van der Waals surface area contributed by atoms with Crippen LogP contribution < -0.4 is 5.32 Å². The predicted octanol–water partition coefficient (Wildman–Crippen LogP) is 3.11. The van der Waals surface area contributed by atoms with Gasteiger partial charge in [-0.2, -0.15) is 0 Å². The summed E-state index contributed by atoms with van der Waals surface area (Å²) in [6.07, 6.45) is 2.48. The molecule has 0 amide bonds. The first-order valence-corrected chi connectivity index (χ1v) is 5.92. The summed E-state index contributed by atoms with van der Waals surface area (Å²) < 4.78 is 0. The highest BCUT2D eigenvalue weighted by atomic mass is 14.8. The maximum Gasteiger partial charge on any atom is -0.00491 e. The second-order valence-corrected chi connectivity index (χ2v) is 4.59. The second kappa shape index (κ2) is 6.62. The molecule has 1 aromatic rings. The van der Waals surface area contributed by atoms with Crippen molar-refractivity contribution in [2.75, 3.05) is 13.6 Å². The quantitative estimate of drug-likeness (QED) is 0.752. The maximum absolute atomic E-state index is 3.24. The number of hydrogen-bond acceptors (Lipinski definition) is 1. The fourth-order valence-electron chi connectivity index (χ4n) is 1.92. The molecule has 0 aliphatic rings. The molecule has 1 aromatic carbocycles. The molecule has 1 atom stereocenters. The maximum atomic E-state index is 3.24. The van der Waals surface area contributed by atoms with Gasteiger partial charge in [0.15, 0.2) is 0 Å². The van der Waals surface area contributed by atoms with Crippen LogP contribution in [0.5, 0.6) is 0 Å². The highest BCUT2D eigenvalue weighted by molar-refractivity contribution is 5.15. The minimum absolute atomic E-state index is 0.763. The van der Waals surface area contributed by atoms with Crippen LogP contribution in [-0.2, 0) is 6.42 Å². The van der Waals surface area contributed by atoms with E-state index in [9.17, 15) is 0 Å². The molecule has 0 saturated heterocycles. The predicted molar refractivity (Wildman–Crippen MR) is 67.0 cm³/mol. The zero-order chi connectivity index (χ0) is 11.1. The lowest BCUT2D eigenvalue weighted by Gasteiger charge is -2.20. The average Bonchev–Trinajstić information content (AvgIpc) is 2.25. The van der Waals surface area contributed by atoms with E-state index in [0.29, 0.717) is 0 Å². The molecule has 1 heteroatoms. The first kappa shape index (κ1) is 12.3. The molecule has 1 nitrogen and oxygen atoms in total. The van der Waals surface area contributed by atoms with Gasteiger partial charge >= 0.3 is 0 Å². The van der Waals surface area contributed by atoms with E-state index in [2.05, 4.69) is 49.5 Å². The largest absolute Gasteiger partial charge is 0.320 e. The van der Waals surface area contributed by atoms with E-state index in [0.717, 1.165) is 18.4 Å². The Hall–Kier alpha value is -0.820. The van der Waals surface area contributed by atoms with Gasteiger partial charge in [0.25, 0.3) is 0 Å². The Morgan fingerprint density at radius 2 is 1.80 bits per heavy atom. The van der Waals surface area contributed by atoms with Crippen LogP contribution in [0.25, 0.3) is 0 Å². The van der Waals surface area contributed by atoms with Crippen molar-refractivity contribution in [1.82, 2.24) is 5.32 Å². The fraction of sp³-hybridized carbons (Fsp3) is 0.571. The molecule has 0 spiro atoms. The molecule has 1 unspecified atom stereocenters.